The Balaban J connectivity index is 2.38. The second kappa shape index (κ2) is 9.03. The van der Waals surface area contributed by atoms with Gasteiger partial charge in [0.1, 0.15) is 5.82 Å². The summed E-state index contributed by atoms with van der Waals surface area (Å²) in [5.74, 6) is 0.192. The molecule has 0 fully saturated rings. The molecule has 0 saturated heterocycles. The van der Waals surface area contributed by atoms with Crippen molar-refractivity contribution in [2.75, 3.05) is 40.5 Å². The van der Waals surface area contributed by atoms with E-state index in [1.165, 1.54) is 12.1 Å². The highest BCUT2D eigenvalue weighted by molar-refractivity contribution is 5.16. The summed E-state index contributed by atoms with van der Waals surface area (Å²) in [7, 11) is 3.39. The Morgan fingerprint density at radius 3 is 2.50 bits per heavy atom. The molecule has 1 atom stereocenters. The number of methoxy groups -OCH3 is 2. The number of nitrogens with one attached hydrogen (secondary N) is 1. The Morgan fingerprint density at radius 1 is 1.17 bits per heavy atom. The quantitative estimate of drug-likeness (QED) is 0.683. The fourth-order valence-electron chi connectivity index (χ4n) is 1.86. The largest absolute Gasteiger partial charge is 0.384 e. The first-order chi connectivity index (χ1) is 8.76. The van der Waals surface area contributed by atoms with Crippen LogP contribution in [0.15, 0.2) is 24.3 Å². The van der Waals surface area contributed by atoms with E-state index in [1.807, 2.05) is 12.1 Å². The molecular weight excluding hydrogens is 233 g/mol. The minimum atomic E-state index is -0.194. The van der Waals surface area contributed by atoms with Crippen LogP contribution in [0.1, 0.15) is 5.56 Å². The molecule has 0 aromatic heterocycles. The summed E-state index contributed by atoms with van der Waals surface area (Å²) in [5.41, 5.74) is 1.13. The van der Waals surface area contributed by atoms with Crippen LogP contribution in [0.2, 0.25) is 0 Å². The fraction of sp³-hybridized carbons (Fsp3) is 0.571. The van der Waals surface area contributed by atoms with Crippen LogP contribution >= 0.6 is 0 Å². The molecule has 4 heteroatoms. The molecule has 1 unspecified atom stereocenters. The topological polar surface area (TPSA) is 30.5 Å². The summed E-state index contributed by atoms with van der Waals surface area (Å²) < 4.78 is 23.0. The van der Waals surface area contributed by atoms with Gasteiger partial charge in [-0.3, -0.25) is 0 Å². The summed E-state index contributed by atoms with van der Waals surface area (Å²) in [4.78, 5) is 0. The van der Waals surface area contributed by atoms with Crippen molar-refractivity contribution in [3.8, 4) is 0 Å². The third kappa shape index (κ3) is 6.10. The lowest BCUT2D eigenvalue weighted by atomic mass is 10.00. The van der Waals surface area contributed by atoms with E-state index in [-0.39, 0.29) is 5.82 Å². The standard InChI is InChI=1S/C14H22FNO2/c1-17-8-7-16-10-13(11-18-2)9-12-3-5-14(15)6-4-12/h3-6,13,16H,7-11H2,1-2H3. The van der Waals surface area contributed by atoms with E-state index in [0.717, 1.165) is 25.1 Å². The predicted molar refractivity (Wildman–Crippen MR) is 70.2 cm³/mol. The molecule has 102 valence electrons. The number of ether oxygens (including phenoxy) is 2. The second-order valence-corrected chi connectivity index (χ2v) is 4.35. The minimum Gasteiger partial charge on any atom is -0.384 e. The first-order valence-corrected chi connectivity index (χ1v) is 6.19. The molecule has 0 amide bonds. The molecule has 0 aliphatic carbocycles. The van der Waals surface area contributed by atoms with Gasteiger partial charge in [-0.15, -0.1) is 0 Å². The fourth-order valence-corrected chi connectivity index (χ4v) is 1.86. The summed E-state index contributed by atoms with van der Waals surface area (Å²) in [5, 5.41) is 3.32. The molecule has 18 heavy (non-hydrogen) atoms. The minimum absolute atomic E-state index is 0.194. The lowest BCUT2D eigenvalue weighted by Crippen LogP contribution is -2.29. The van der Waals surface area contributed by atoms with Crippen molar-refractivity contribution in [1.82, 2.24) is 5.32 Å². The molecule has 1 rings (SSSR count). The maximum Gasteiger partial charge on any atom is 0.123 e. The van der Waals surface area contributed by atoms with Gasteiger partial charge in [-0.25, -0.2) is 4.39 Å². The third-order valence-electron chi connectivity index (χ3n) is 2.76. The molecule has 0 saturated carbocycles. The first-order valence-electron chi connectivity index (χ1n) is 6.19. The van der Waals surface area contributed by atoms with Gasteiger partial charge in [0, 0.05) is 27.3 Å². The lowest BCUT2D eigenvalue weighted by Gasteiger charge is -2.16. The summed E-state index contributed by atoms with van der Waals surface area (Å²) >= 11 is 0. The van der Waals surface area contributed by atoms with Crippen molar-refractivity contribution in [2.24, 2.45) is 5.92 Å². The molecule has 0 bridgehead atoms. The van der Waals surface area contributed by atoms with Gasteiger partial charge in [-0.05, 0) is 30.0 Å². The molecule has 0 radical (unpaired) electrons. The zero-order chi connectivity index (χ0) is 13.2. The number of benzene rings is 1. The van der Waals surface area contributed by atoms with Crippen LogP contribution in [-0.4, -0.2) is 40.5 Å². The van der Waals surface area contributed by atoms with Crippen molar-refractivity contribution in [3.05, 3.63) is 35.6 Å². The van der Waals surface area contributed by atoms with Crippen LogP contribution < -0.4 is 5.32 Å². The van der Waals surface area contributed by atoms with Crippen molar-refractivity contribution in [1.29, 1.82) is 0 Å². The second-order valence-electron chi connectivity index (χ2n) is 4.35. The molecule has 0 spiro atoms. The number of hydrogen-bond acceptors (Lipinski definition) is 3. The molecule has 1 N–H and O–H groups in total. The van der Waals surface area contributed by atoms with Crippen LogP contribution in [0.5, 0.6) is 0 Å². The van der Waals surface area contributed by atoms with Crippen LogP contribution in [-0.2, 0) is 15.9 Å². The van der Waals surface area contributed by atoms with E-state index in [0.29, 0.717) is 19.1 Å². The first kappa shape index (κ1) is 15.1. The summed E-state index contributed by atoms with van der Waals surface area (Å²) in [6.07, 6.45) is 0.883. The van der Waals surface area contributed by atoms with E-state index in [9.17, 15) is 4.39 Å². The average Bonchev–Trinajstić information content (AvgIpc) is 2.37. The number of hydrogen-bond donors (Lipinski definition) is 1. The molecule has 0 aliphatic heterocycles. The van der Waals surface area contributed by atoms with Gasteiger partial charge in [-0.1, -0.05) is 12.1 Å². The highest BCUT2D eigenvalue weighted by Crippen LogP contribution is 2.10. The van der Waals surface area contributed by atoms with Gasteiger partial charge in [0.2, 0.25) is 0 Å². The Morgan fingerprint density at radius 2 is 1.89 bits per heavy atom. The van der Waals surface area contributed by atoms with Crippen molar-refractivity contribution < 1.29 is 13.9 Å². The van der Waals surface area contributed by atoms with Gasteiger partial charge in [-0.2, -0.15) is 0 Å². The van der Waals surface area contributed by atoms with E-state index in [2.05, 4.69) is 5.32 Å². The highest BCUT2D eigenvalue weighted by Gasteiger charge is 2.09. The van der Waals surface area contributed by atoms with Crippen molar-refractivity contribution in [3.63, 3.8) is 0 Å². The molecule has 1 aromatic carbocycles. The maximum atomic E-state index is 12.8. The normalized spacial score (nSPS) is 12.6. The Kier molecular flexibility index (Phi) is 7.57. The van der Waals surface area contributed by atoms with Crippen LogP contribution in [0.4, 0.5) is 4.39 Å². The van der Waals surface area contributed by atoms with Gasteiger partial charge in [0.15, 0.2) is 0 Å². The van der Waals surface area contributed by atoms with Crippen molar-refractivity contribution >= 4 is 0 Å². The Hall–Kier alpha value is -0.970. The molecule has 0 aliphatic rings. The SMILES string of the molecule is COCCNCC(COC)Cc1ccc(F)cc1. The van der Waals surface area contributed by atoms with E-state index in [4.69, 9.17) is 9.47 Å². The highest BCUT2D eigenvalue weighted by atomic mass is 19.1. The van der Waals surface area contributed by atoms with Crippen LogP contribution in [0.25, 0.3) is 0 Å². The summed E-state index contributed by atoms with van der Waals surface area (Å²) in [6, 6.07) is 6.65. The molecule has 3 nitrogen and oxygen atoms in total. The van der Waals surface area contributed by atoms with E-state index in [1.54, 1.807) is 14.2 Å². The summed E-state index contributed by atoms with van der Waals surface area (Å²) in [6.45, 7) is 3.10. The number of rotatable bonds is 9. The van der Waals surface area contributed by atoms with Crippen LogP contribution in [0.3, 0.4) is 0 Å². The molecule has 0 heterocycles. The third-order valence-corrected chi connectivity index (χ3v) is 2.76. The maximum absolute atomic E-state index is 12.8. The van der Waals surface area contributed by atoms with Gasteiger partial charge >= 0.3 is 0 Å². The van der Waals surface area contributed by atoms with Crippen LogP contribution in [0, 0.1) is 11.7 Å². The van der Waals surface area contributed by atoms with E-state index >= 15 is 0 Å². The predicted octanol–water partition coefficient (Wildman–Crippen LogP) is 1.87. The van der Waals surface area contributed by atoms with Gasteiger partial charge < -0.3 is 14.8 Å². The van der Waals surface area contributed by atoms with Gasteiger partial charge in [0.25, 0.3) is 0 Å². The Labute approximate surface area is 108 Å². The lowest BCUT2D eigenvalue weighted by molar-refractivity contribution is 0.147. The van der Waals surface area contributed by atoms with E-state index < -0.39 is 0 Å². The molecular formula is C14H22FNO2. The monoisotopic (exact) mass is 255 g/mol. The molecule has 1 aromatic rings. The van der Waals surface area contributed by atoms with Crippen molar-refractivity contribution in [2.45, 2.75) is 6.42 Å². The Bertz CT molecular complexity index is 316. The number of halogens is 1. The average molecular weight is 255 g/mol. The zero-order valence-corrected chi connectivity index (χ0v) is 11.1. The smallest absolute Gasteiger partial charge is 0.123 e. The zero-order valence-electron chi connectivity index (χ0n) is 11.1. The van der Waals surface area contributed by atoms with Gasteiger partial charge in [0.05, 0.1) is 13.2 Å².